The van der Waals surface area contributed by atoms with Gasteiger partial charge in [-0.2, -0.15) is 5.10 Å². The number of hydrogen-bond acceptors (Lipinski definition) is 6. The van der Waals surface area contributed by atoms with Crippen molar-refractivity contribution in [2.45, 2.75) is 31.6 Å². The fourth-order valence-electron chi connectivity index (χ4n) is 4.24. The van der Waals surface area contributed by atoms with Gasteiger partial charge in [0.25, 0.3) is 0 Å². The molecule has 11 heteroatoms. The van der Waals surface area contributed by atoms with E-state index in [4.69, 9.17) is 20.9 Å². The van der Waals surface area contributed by atoms with E-state index in [1.807, 2.05) is 0 Å². The summed E-state index contributed by atoms with van der Waals surface area (Å²) in [6.45, 7) is 1.69. The Kier molecular flexibility index (Phi) is 7.40. The Morgan fingerprint density at radius 3 is 2.51 bits per heavy atom. The van der Waals surface area contributed by atoms with Crippen molar-refractivity contribution < 1.29 is 27.5 Å². The number of ether oxygens (including phenoxy) is 1. The lowest BCUT2D eigenvalue weighted by Gasteiger charge is -2.33. The number of benzene rings is 3. The van der Waals surface area contributed by atoms with Gasteiger partial charge in [-0.1, -0.05) is 35.8 Å². The number of halogens is 4. The highest BCUT2D eigenvalue weighted by molar-refractivity contribution is 6.30. The highest BCUT2D eigenvalue weighted by Gasteiger charge is 2.42. The van der Waals surface area contributed by atoms with Crippen LogP contribution in [-0.4, -0.2) is 25.0 Å². The fraction of sp³-hybridized carbons (Fsp3) is 0.179. The highest BCUT2D eigenvalue weighted by atomic mass is 35.5. The molecule has 0 saturated heterocycles. The second-order valence-electron chi connectivity index (χ2n) is 9.04. The monoisotopic (exact) mass is 554 g/mol. The minimum atomic E-state index is -1.87. The molecule has 2 atom stereocenters. The van der Waals surface area contributed by atoms with Crippen LogP contribution >= 0.6 is 11.6 Å². The van der Waals surface area contributed by atoms with Crippen LogP contribution in [-0.2, 0) is 18.8 Å². The third kappa shape index (κ3) is 5.67. The fourth-order valence-corrected chi connectivity index (χ4v) is 4.44. The molecule has 39 heavy (non-hydrogen) atoms. The lowest BCUT2D eigenvalue weighted by Crippen LogP contribution is -2.38. The van der Waals surface area contributed by atoms with Crippen molar-refractivity contribution >= 4 is 11.6 Å². The first-order valence-electron chi connectivity index (χ1n) is 11.9. The molecular formula is C28H22ClF3N4O3. The van der Waals surface area contributed by atoms with Crippen molar-refractivity contribution in [1.82, 2.24) is 19.9 Å². The van der Waals surface area contributed by atoms with Gasteiger partial charge in [-0.15, -0.1) is 0 Å². The van der Waals surface area contributed by atoms with Gasteiger partial charge < -0.3 is 14.4 Å². The summed E-state index contributed by atoms with van der Waals surface area (Å²) in [6, 6.07) is 16.1. The number of rotatable bonds is 9. The molecule has 2 heterocycles. The predicted molar refractivity (Wildman–Crippen MR) is 136 cm³/mol. The zero-order valence-electron chi connectivity index (χ0n) is 20.6. The molecule has 0 aliphatic heterocycles. The molecule has 0 spiro atoms. The van der Waals surface area contributed by atoms with E-state index in [0.717, 1.165) is 11.6 Å². The second-order valence-corrected chi connectivity index (χ2v) is 9.45. The van der Waals surface area contributed by atoms with Gasteiger partial charge >= 0.3 is 0 Å². The topological polar surface area (TPSA) is 86.2 Å². The maximum Gasteiger partial charge on any atom is 0.143 e. The highest BCUT2D eigenvalue weighted by Crippen LogP contribution is 2.40. The summed E-state index contributed by atoms with van der Waals surface area (Å²) in [6.07, 6.45) is 2.68. The van der Waals surface area contributed by atoms with Crippen molar-refractivity contribution in [2.24, 2.45) is 0 Å². The standard InChI is InChI=1S/C28H22ClF3N4O3/c1-17(28(37,14-36-16-33-15-34-36)22-8-5-20(30)11-25(22)32)27-12-26(35-39-27)19-3-6-21(7-4-19)38-13-18-2-9-24(31)23(29)10-18/h2-12,15-17,37H,13-14H2,1H3/t17-,28+/m0/s1. The maximum absolute atomic E-state index is 14.8. The van der Waals surface area contributed by atoms with Gasteiger partial charge in [0.15, 0.2) is 0 Å². The molecule has 5 aromatic rings. The third-order valence-corrected chi connectivity index (χ3v) is 6.77. The molecule has 2 aromatic heterocycles. The Balaban J connectivity index is 1.35. The molecule has 1 N–H and O–H groups in total. The van der Waals surface area contributed by atoms with Crippen LogP contribution in [0.2, 0.25) is 5.02 Å². The molecule has 0 radical (unpaired) electrons. The summed E-state index contributed by atoms with van der Waals surface area (Å²) in [5, 5.41) is 19.9. The summed E-state index contributed by atoms with van der Waals surface area (Å²) < 4.78 is 54.5. The van der Waals surface area contributed by atoms with Crippen LogP contribution in [0.5, 0.6) is 5.75 Å². The van der Waals surface area contributed by atoms with Crippen molar-refractivity contribution in [3.63, 3.8) is 0 Å². The Hall–Kier alpha value is -4.15. The van der Waals surface area contributed by atoms with Crippen LogP contribution in [0, 0.1) is 17.5 Å². The zero-order chi connectivity index (χ0) is 27.6. The summed E-state index contributed by atoms with van der Waals surface area (Å²) in [7, 11) is 0. The molecular weight excluding hydrogens is 533 g/mol. The van der Waals surface area contributed by atoms with E-state index >= 15 is 0 Å². The van der Waals surface area contributed by atoms with Crippen LogP contribution in [0.15, 0.2) is 83.9 Å². The minimum Gasteiger partial charge on any atom is -0.489 e. The van der Waals surface area contributed by atoms with E-state index in [1.165, 1.54) is 35.5 Å². The molecule has 0 saturated carbocycles. The normalized spacial score (nSPS) is 13.7. The summed E-state index contributed by atoms with van der Waals surface area (Å²) in [5.41, 5.74) is -0.0765. The zero-order valence-corrected chi connectivity index (χ0v) is 21.3. The quantitative estimate of drug-likeness (QED) is 0.231. The molecule has 0 fully saturated rings. The van der Waals surface area contributed by atoms with Crippen LogP contribution in [0.25, 0.3) is 11.3 Å². The molecule has 200 valence electrons. The third-order valence-electron chi connectivity index (χ3n) is 6.48. The van der Waals surface area contributed by atoms with Crippen LogP contribution < -0.4 is 4.74 Å². The minimum absolute atomic E-state index is 0.0258. The van der Waals surface area contributed by atoms with Gasteiger partial charge in [0.1, 0.15) is 59.5 Å². The van der Waals surface area contributed by atoms with Crippen molar-refractivity contribution in [3.05, 3.63) is 119 Å². The predicted octanol–water partition coefficient (Wildman–Crippen LogP) is 6.27. The van der Waals surface area contributed by atoms with E-state index < -0.39 is 29.0 Å². The molecule has 7 nitrogen and oxygen atoms in total. The van der Waals surface area contributed by atoms with Crippen LogP contribution in [0.3, 0.4) is 0 Å². The first-order valence-corrected chi connectivity index (χ1v) is 12.2. The Morgan fingerprint density at radius 1 is 1.03 bits per heavy atom. The van der Waals surface area contributed by atoms with Crippen LogP contribution in [0.4, 0.5) is 13.2 Å². The van der Waals surface area contributed by atoms with E-state index in [-0.39, 0.29) is 29.5 Å². The summed E-state index contributed by atoms with van der Waals surface area (Å²) in [4.78, 5) is 3.88. The van der Waals surface area contributed by atoms with Gasteiger partial charge in [0, 0.05) is 23.3 Å². The average molecular weight is 555 g/mol. The van der Waals surface area contributed by atoms with E-state index in [2.05, 4.69) is 15.2 Å². The van der Waals surface area contributed by atoms with Crippen molar-refractivity contribution in [2.75, 3.05) is 0 Å². The van der Waals surface area contributed by atoms with Crippen LogP contribution in [0.1, 0.15) is 29.7 Å². The molecule has 5 rings (SSSR count). The van der Waals surface area contributed by atoms with Gasteiger partial charge in [0.2, 0.25) is 0 Å². The summed E-state index contributed by atoms with van der Waals surface area (Å²) in [5.74, 6) is -2.11. The molecule has 0 amide bonds. The van der Waals surface area contributed by atoms with E-state index in [0.29, 0.717) is 23.1 Å². The van der Waals surface area contributed by atoms with E-state index in [1.54, 1.807) is 43.3 Å². The average Bonchev–Trinajstić information content (AvgIpc) is 3.62. The molecule has 0 aliphatic carbocycles. The lowest BCUT2D eigenvalue weighted by molar-refractivity contribution is -0.0181. The second kappa shape index (κ2) is 10.9. The van der Waals surface area contributed by atoms with E-state index in [9.17, 15) is 18.3 Å². The van der Waals surface area contributed by atoms with Crippen molar-refractivity contribution in [3.8, 4) is 17.0 Å². The number of aliphatic hydroxyl groups is 1. The maximum atomic E-state index is 14.8. The Bertz CT molecular complexity index is 1580. The Labute approximate surface area is 226 Å². The molecule has 3 aromatic carbocycles. The molecule has 0 unspecified atom stereocenters. The number of aromatic nitrogens is 4. The molecule has 0 bridgehead atoms. The first kappa shape index (κ1) is 26.5. The molecule has 0 aliphatic rings. The van der Waals surface area contributed by atoms with Gasteiger partial charge in [-0.25, -0.2) is 22.8 Å². The SMILES string of the molecule is C[C@@H](c1cc(-c2ccc(OCc3ccc(F)c(Cl)c3)cc2)no1)[C@](O)(Cn1cncn1)c1ccc(F)cc1F. The van der Waals surface area contributed by atoms with Gasteiger partial charge in [0.05, 0.1) is 17.5 Å². The first-order chi connectivity index (χ1) is 18.7. The smallest absolute Gasteiger partial charge is 0.143 e. The summed E-state index contributed by atoms with van der Waals surface area (Å²) >= 11 is 5.82. The number of nitrogens with zero attached hydrogens (tertiary/aromatic N) is 4. The largest absolute Gasteiger partial charge is 0.489 e. The Morgan fingerprint density at radius 2 is 1.82 bits per heavy atom. The van der Waals surface area contributed by atoms with Gasteiger partial charge in [-0.05, 0) is 48.0 Å². The lowest BCUT2D eigenvalue weighted by atomic mass is 9.80. The van der Waals surface area contributed by atoms with Gasteiger partial charge in [-0.3, -0.25) is 0 Å². The van der Waals surface area contributed by atoms with Crippen molar-refractivity contribution in [1.29, 1.82) is 0 Å². The number of hydrogen-bond donors (Lipinski definition) is 1.